The van der Waals surface area contributed by atoms with Crippen molar-refractivity contribution in [3.05, 3.63) is 53.6 Å². The third-order valence-corrected chi connectivity index (χ3v) is 7.36. The number of ketones is 1. The Morgan fingerprint density at radius 1 is 1.06 bits per heavy atom. The second-order valence-electron chi connectivity index (χ2n) is 9.49. The fraction of sp³-hybridized carbons (Fsp3) is 0.407. The van der Waals surface area contributed by atoms with E-state index in [-0.39, 0.29) is 42.5 Å². The number of ether oxygens (including phenoxy) is 3. The molecule has 2 saturated heterocycles. The van der Waals surface area contributed by atoms with Crippen molar-refractivity contribution in [2.24, 2.45) is 5.92 Å². The molecule has 3 aliphatic heterocycles. The SMILES string of the molecule is COC(=O)c1ccccc1N1CC(C(=O)N2CCC3(CC2)CC(=O)c2ccc(OC)cc2O3)CC1=O. The van der Waals surface area contributed by atoms with Crippen LogP contribution in [0, 0.1) is 5.92 Å². The van der Waals surface area contributed by atoms with E-state index in [9.17, 15) is 19.2 Å². The van der Waals surface area contributed by atoms with Crippen LogP contribution in [0.4, 0.5) is 5.69 Å². The summed E-state index contributed by atoms with van der Waals surface area (Å²) in [4.78, 5) is 54.4. The number of amides is 2. The number of benzene rings is 2. The van der Waals surface area contributed by atoms with Crippen LogP contribution in [0.25, 0.3) is 0 Å². The minimum absolute atomic E-state index is 0.0278. The number of carbonyl (C=O) groups is 4. The van der Waals surface area contributed by atoms with E-state index >= 15 is 0 Å². The van der Waals surface area contributed by atoms with E-state index in [2.05, 4.69) is 0 Å². The first-order chi connectivity index (χ1) is 17.3. The molecule has 9 heteroatoms. The largest absolute Gasteiger partial charge is 0.497 e. The van der Waals surface area contributed by atoms with E-state index in [0.29, 0.717) is 48.7 Å². The predicted molar refractivity (Wildman–Crippen MR) is 129 cm³/mol. The number of Topliss-reactive ketones (excluding diaryl/α,β-unsaturated/α-hetero) is 1. The quantitative estimate of drug-likeness (QED) is 0.605. The average Bonchev–Trinajstić information content (AvgIpc) is 3.29. The number of hydrogen-bond acceptors (Lipinski definition) is 7. The fourth-order valence-corrected chi connectivity index (χ4v) is 5.37. The monoisotopic (exact) mass is 492 g/mol. The topological polar surface area (TPSA) is 102 Å². The molecule has 36 heavy (non-hydrogen) atoms. The number of para-hydroxylation sites is 1. The maximum atomic E-state index is 13.3. The lowest BCUT2D eigenvalue weighted by molar-refractivity contribution is -0.139. The molecule has 1 unspecified atom stereocenters. The lowest BCUT2D eigenvalue weighted by atomic mass is 9.82. The second-order valence-corrected chi connectivity index (χ2v) is 9.49. The number of rotatable bonds is 4. The number of likely N-dealkylation sites (tertiary alicyclic amines) is 1. The maximum Gasteiger partial charge on any atom is 0.339 e. The molecule has 2 aromatic carbocycles. The van der Waals surface area contributed by atoms with Gasteiger partial charge in [-0.15, -0.1) is 0 Å². The zero-order valence-electron chi connectivity index (χ0n) is 20.3. The van der Waals surface area contributed by atoms with Crippen LogP contribution >= 0.6 is 0 Å². The van der Waals surface area contributed by atoms with Crippen molar-refractivity contribution in [2.75, 3.05) is 38.8 Å². The molecular formula is C27H28N2O7. The van der Waals surface area contributed by atoms with Crippen molar-refractivity contribution in [1.29, 1.82) is 0 Å². The van der Waals surface area contributed by atoms with Crippen LogP contribution in [0.3, 0.4) is 0 Å². The highest BCUT2D eigenvalue weighted by molar-refractivity contribution is 6.05. The molecule has 2 amide bonds. The van der Waals surface area contributed by atoms with Crippen LogP contribution in [0.1, 0.15) is 46.4 Å². The first-order valence-electron chi connectivity index (χ1n) is 12.0. The minimum Gasteiger partial charge on any atom is -0.497 e. The molecule has 1 spiro atoms. The van der Waals surface area contributed by atoms with Gasteiger partial charge in [0.25, 0.3) is 0 Å². The smallest absolute Gasteiger partial charge is 0.339 e. The first-order valence-corrected chi connectivity index (χ1v) is 12.0. The molecule has 9 nitrogen and oxygen atoms in total. The lowest BCUT2D eigenvalue weighted by Gasteiger charge is -2.44. The molecule has 1 atom stereocenters. The number of hydrogen-bond donors (Lipinski definition) is 0. The van der Waals surface area contributed by atoms with Gasteiger partial charge in [-0.1, -0.05) is 12.1 Å². The first kappa shape index (κ1) is 23.8. The van der Waals surface area contributed by atoms with Crippen LogP contribution < -0.4 is 14.4 Å². The van der Waals surface area contributed by atoms with Crippen LogP contribution in [0.5, 0.6) is 11.5 Å². The molecule has 0 aromatic heterocycles. The molecule has 0 aliphatic carbocycles. The molecule has 2 fully saturated rings. The normalized spacial score (nSPS) is 20.7. The Morgan fingerprint density at radius 2 is 1.81 bits per heavy atom. The van der Waals surface area contributed by atoms with Gasteiger partial charge >= 0.3 is 5.97 Å². The van der Waals surface area contributed by atoms with Gasteiger partial charge in [0.15, 0.2) is 5.78 Å². The number of piperidine rings is 1. The van der Waals surface area contributed by atoms with E-state index in [1.807, 2.05) is 0 Å². The zero-order chi connectivity index (χ0) is 25.4. The Bertz CT molecular complexity index is 1230. The van der Waals surface area contributed by atoms with Crippen LogP contribution in [-0.4, -0.2) is 67.9 Å². The van der Waals surface area contributed by atoms with Gasteiger partial charge in [-0.25, -0.2) is 4.79 Å². The fourth-order valence-electron chi connectivity index (χ4n) is 5.37. The van der Waals surface area contributed by atoms with Crippen molar-refractivity contribution >= 4 is 29.3 Å². The summed E-state index contributed by atoms with van der Waals surface area (Å²) in [6, 6.07) is 11.9. The van der Waals surface area contributed by atoms with E-state index in [4.69, 9.17) is 14.2 Å². The average molecular weight is 493 g/mol. The van der Waals surface area contributed by atoms with Gasteiger partial charge in [-0.05, 0) is 24.3 Å². The summed E-state index contributed by atoms with van der Waals surface area (Å²) < 4.78 is 16.4. The van der Waals surface area contributed by atoms with Crippen LogP contribution in [-0.2, 0) is 14.3 Å². The third-order valence-electron chi connectivity index (χ3n) is 7.36. The van der Waals surface area contributed by atoms with Crippen LogP contribution in [0.2, 0.25) is 0 Å². The highest BCUT2D eigenvalue weighted by atomic mass is 16.5. The van der Waals surface area contributed by atoms with E-state index in [1.165, 1.54) is 12.0 Å². The van der Waals surface area contributed by atoms with Gasteiger partial charge in [0.2, 0.25) is 11.8 Å². The van der Waals surface area contributed by atoms with Gasteiger partial charge in [0, 0.05) is 45.0 Å². The number of methoxy groups -OCH3 is 2. The number of carbonyl (C=O) groups excluding carboxylic acids is 4. The van der Waals surface area contributed by atoms with Crippen molar-refractivity contribution in [3.63, 3.8) is 0 Å². The summed E-state index contributed by atoms with van der Waals surface area (Å²) in [7, 11) is 2.86. The minimum atomic E-state index is -0.649. The van der Waals surface area contributed by atoms with Crippen molar-refractivity contribution in [3.8, 4) is 11.5 Å². The molecule has 0 radical (unpaired) electrons. The summed E-state index contributed by atoms with van der Waals surface area (Å²) >= 11 is 0. The van der Waals surface area contributed by atoms with Gasteiger partial charge in [-0.2, -0.15) is 0 Å². The molecule has 0 bridgehead atoms. The number of anilines is 1. The Kier molecular flexibility index (Phi) is 6.15. The molecule has 2 aromatic rings. The van der Waals surface area contributed by atoms with Gasteiger partial charge < -0.3 is 24.0 Å². The number of fused-ring (bicyclic) bond motifs is 1. The van der Waals surface area contributed by atoms with Gasteiger partial charge in [0.05, 0.1) is 43.4 Å². The molecule has 3 heterocycles. The Labute approximate surface area is 208 Å². The maximum absolute atomic E-state index is 13.3. The van der Waals surface area contributed by atoms with E-state index < -0.39 is 17.5 Å². The Morgan fingerprint density at radius 3 is 2.53 bits per heavy atom. The summed E-state index contributed by atoms with van der Waals surface area (Å²) in [5.41, 5.74) is 0.643. The van der Waals surface area contributed by atoms with Gasteiger partial charge in [-0.3, -0.25) is 14.4 Å². The molecule has 0 N–H and O–H groups in total. The molecule has 3 aliphatic rings. The summed E-state index contributed by atoms with van der Waals surface area (Å²) in [6.07, 6.45) is 1.40. The van der Waals surface area contributed by atoms with Crippen molar-refractivity contribution in [1.82, 2.24) is 4.90 Å². The van der Waals surface area contributed by atoms with Crippen molar-refractivity contribution < 1.29 is 33.4 Å². The lowest BCUT2D eigenvalue weighted by Crippen LogP contribution is -2.53. The summed E-state index contributed by atoms with van der Waals surface area (Å²) in [5, 5.41) is 0. The summed E-state index contributed by atoms with van der Waals surface area (Å²) in [5.74, 6) is -0.167. The third kappa shape index (κ3) is 4.19. The molecule has 0 saturated carbocycles. The molecule has 188 valence electrons. The highest BCUT2D eigenvalue weighted by Crippen LogP contribution is 2.41. The van der Waals surface area contributed by atoms with E-state index in [1.54, 1.807) is 54.5 Å². The second kappa shape index (κ2) is 9.29. The molecular weight excluding hydrogens is 464 g/mol. The van der Waals surface area contributed by atoms with E-state index in [0.717, 1.165) is 0 Å². The molecule has 5 rings (SSSR count). The number of nitrogens with zero attached hydrogens (tertiary/aromatic N) is 2. The Hall–Kier alpha value is -3.88. The summed E-state index contributed by atoms with van der Waals surface area (Å²) in [6.45, 7) is 1.08. The Balaban J connectivity index is 1.26. The standard InChI is InChI=1S/C27H28N2O7/c1-34-18-7-8-20-22(30)15-27(36-23(20)14-18)9-11-28(12-10-27)25(32)17-13-24(31)29(16-17)21-6-4-3-5-19(21)26(33)35-2/h3-8,14,17H,9-13,15-16H2,1-2H3. The zero-order valence-corrected chi connectivity index (χ0v) is 20.3. The highest BCUT2D eigenvalue weighted by Gasteiger charge is 2.46. The van der Waals surface area contributed by atoms with Crippen LogP contribution in [0.15, 0.2) is 42.5 Å². The van der Waals surface area contributed by atoms with Gasteiger partial charge in [0.1, 0.15) is 17.1 Å². The predicted octanol–water partition coefficient (Wildman–Crippen LogP) is 2.86. The number of esters is 1. The van der Waals surface area contributed by atoms with Crippen molar-refractivity contribution in [2.45, 2.75) is 31.3 Å².